The van der Waals surface area contributed by atoms with Crippen molar-refractivity contribution in [3.8, 4) is 0 Å². The quantitative estimate of drug-likeness (QED) is 0.759. The number of aromatic amines is 1. The Hall–Kier alpha value is -1.59. The van der Waals surface area contributed by atoms with Crippen molar-refractivity contribution < 1.29 is 0 Å². The van der Waals surface area contributed by atoms with Crippen LogP contribution in [0.4, 0.5) is 5.82 Å². The minimum Gasteiger partial charge on any atom is -0.365 e. The van der Waals surface area contributed by atoms with Crippen molar-refractivity contribution in [3.63, 3.8) is 0 Å². The van der Waals surface area contributed by atoms with Gasteiger partial charge in [0.05, 0.1) is 5.02 Å². The van der Waals surface area contributed by atoms with E-state index in [1.165, 1.54) is 5.69 Å². The fourth-order valence-electron chi connectivity index (χ4n) is 1.70. The third kappa shape index (κ3) is 4.54. The summed E-state index contributed by atoms with van der Waals surface area (Å²) in [5.74, 6) is 0.675. The molecule has 3 N–H and O–H groups in total. The highest BCUT2D eigenvalue weighted by Crippen LogP contribution is 2.09. The predicted molar refractivity (Wildman–Crippen MR) is 82.6 cm³/mol. The lowest BCUT2D eigenvalue weighted by Crippen LogP contribution is -2.37. The Labute approximate surface area is 122 Å². The van der Waals surface area contributed by atoms with Gasteiger partial charge >= 0.3 is 0 Å². The Balaban J connectivity index is 1.82. The van der Waals surface area contributed by atoms with E-state index in [0.29, 0.717) is 16.0 Å². The average Bonchev–Trinajstić information content (AvgIpc) is 2.84. The minimum absolute atomic E-state index is 0.228. The van der Waals surface area contributed by atoms with Gasteiger partial charge in [0.25, 0.3) is 0 Å². The molecule has 100 valence electrons. The summed E-state index contributed by atoms with van der Waals surface area (Å²) < 4.78 is 0. The van der Waals surface area contributed by atoms with Crippen LogP contribution in [-0.4, -0.2) is 21.1 Å². The molecule has 0 saturated heterocycles. The average molecular weight is 295 g/mol. The van der Waals surface area contributed by atoms with E-state index in [1.807, 2.05) is 12.3 Å². The van der Waals surface area contributed by atoms with Gasteiger partial charge in [0.1, 0.15) is 5.82 Å². The lowest BCUT2D eigenvalue weighted by molar-refractivity contribution is 0.656. The topological polar surface area (TPSA) is 52.7 Å². The molecular weight excluding hydrogens is 280 g/mol. The van der Waals surface area contributed by atoms with E-state index < -0.39 is 0 Å². The molecule has 6 heteroatoms. The number of thiocarbonyl (C=S) groups is 1. The number of H-pyrrole nitrogens is 1. The van der Waals surface area contributed by atoms with Gasteiger partial charge in [-0.25, -0.2) is 4.98 Å². The first kappa shape index (κ1) is 13.8. The number of nitrogens with zero attached hydrogens (tertiary/aromatic N) is 1. The third-order valence-electron chi connectivity index (χ3n) is 2.53. The molecular formula is C13H15ClN4S. The molecule has 2 aromatic heterocycles. The van der Waals surface area contributed by atoms with E-state index >= 15 is 0 Å². The predicted octanol–water partition coefficient (Wildman–Crippen LogP) is 2.98. The summed E-state index contributed by atoms with van der Waals surface area (Å²) in [6.07, 6.45) is 4.37. The SMILES string of the molecule is CC(Cc1ccc[nH]1)NC(=S)Nc1ccc(Cl)cn1. The molecule has 0 aliphatic rings. The number of pyridine rings is 1. The molecule has 1 unspecified atom stereocenters. The molecule has 19 heavy (non-hydrogen) atoms. The molecule has 0 aliphatic carbocycles. The van der Waals surface area contributed by atoms with Crippen LogP contribution in [0.1, 0.15) is 12.6 Å². The monoisotopic (exact) mass is 294 g/mol. The molecule has 0 amide bonds. The maximum atomic E-state index is 5.77. The molecule has 1 atom stereocenters. The molecule has 0 saturated carbocycles. The van der Waals surface area contributed by atoms with Crippen molar-refractivity contribution in [2.75, 3.05) is 5.32 Å². The highest BCUT2D eigenvalue weighted by atomic mass is 35.5. The van der Waals surface area contributed by atoms with Crippen LogP contribution in [0.5, 0.6) is 0 Å². The zero-order chi connectivity index (χ0) is 13.7. The van der Waals surface area contributed by atoms with Crippen LogP contribution in [0, 0.1) is 0 Å². The lowest BCUT2D eigenvalue weighted by Gasteiger charge is -2.16. The summed E-state index contributed by atoms with van der Waals surface area (Å²) >= 11 is 11.0. The fraction of sp³-hybridized carbons (Fsp3) is 0.231. The Kier molecular flexibility index (Phi) is 4.76. The standard InChI is InChI=1S/C13H15ClN4S/c1-9(7-11-3-2-6-15-11)17-13(19)18-12-5-4-10(14)8-16-12/h2-6,8-9,15H,7H2,1H3,(H2,16,17,18,19). The minimum atomic E-state index is 0.228. The van der Waals surface area contributed by atoms with Crippen molar-refractivity contribution in [2.24, 2.45) is 0 Å². The first-order valence-corrected chi connectivity index (χ1v) is 6.73. The zero-order valence-electron chi connectivity index (χ0n) is 10.5. The Morgan fingerprint density at radius 3 is 2.95 bits per heavy atom. The number of rotatable bonds is 4. The first-order valence-electron chi connectivity index (χ1n) is 5.95. The molecule has 0 aliphatic heterocycles. The molecule has 0 spiro atoms. The summed E-state index contributed by atoms with van der Waals surface area (Å²) in [6.45, 7) is 2.07. The van der Waals surface area contributed by atoms with E-state index in [2.05, 4.69) is 33.6 Å². The van der Waals surface area contributed by atoms with Crippen molar-refractivity contribution >= 4 is 34.7 Å². The van der Waals surface area contributed by atoms with E-state index in [9.17, 15) is 0 Å². The van der Waals surface area contributed by atoms with Gasteiger partial charge in [-0.15, -0.1) is 0 Å². The summed E-state index contributed by atoms with van der Waals surface area (Å²) in [5.41, 5.74) is 1.17. The van der Waals surface area contributed by atoms with Gasteiger partial charge in [0.2, 0.25) is 0 Å². The van der Waals surface area contributed by atoms with Crippen molar-refractivity contribution in [3.05, 3.63) is 47.4 Å². The van der Waals surface area contributed by atoms with Crippen LogP contribution in [0.15, 0.2) is 36.7 Å². The Morgan fingerprint density at radius 2 is 2.32 bits per heavy atom. The Morgan fingerprint density at radius 1 is 1.47 bits per heavy atom. The molecule has 2 aromatic rings. The number of hydrogen-bond donors (Lipinski definition) is 3. The van der Waals surface area contributed by atoms with Gasteiger partial charge in [0, 0.05) is 30.6 Å². The smallest absolute Gasteiger partial charge is 0.172 e. The molecule has 0 bridgehead atoms. The normalized spacial score (nSPS) is 11.9. The second-order valence-corrected chi connectivity index (χ2v) is 5.11. The van der Waals surface area contributed by atoms with Crippen LogP contribution >= 0.6 is 23.8 Å². The molecule has 2 rings (SSSR count). The molecule has 0 aromatic carbocycles. The van der Waals surface area contributed by atoms with Gasteiger partial charge in [-0.2, -0.15) is 0 Å². The van der Waals surface area contributed by atoms with Gasteiger partial charge in [-0.1, -0.05) is 11.6 Å². The maximum absolute atomic E-state index is 5.77. The fourth-order valence-corrected chi connectivity index (χ4v) is 2.12. The lowest BCUT2D eigenvalue weighted by atomic mass is 10.2. The summed E-state index contributed by atoms with van der Waals surface area (Å²) in [7, 11) is 0. The highest BCUT2D eigenvalue weighted by Gasteiger charge is 2.06. The first-order chi connectivity index (χ1) is 9.13. The number of nitrogens with one attached hydrogen (secondary N) is 3. The summed E-state index contributed by atoms with van der Waals surface area (Å²) in [5, 5.41) is 7.38. The van der Waals surface area contributed by atoms with Gasteiger partial charge in [-0.3, -0.25) is 0 Å². The van der Waals surface area contributed by atoms with Gasteiger partial charge in [-0.05, 0) is 43.4 Å². The number of hydrogen-bond acceptors (Lipinski definition) is 2. The van der Waals surface area contributed by atoms with Crippen LogP contribution in [0.25, 0.3) is 0 Å². The third-order valence-corrected chi connectivity index (χ3v) is 2.98. The zero-order valence-corrected chi connectivity index (χ0v) is 12.1. The largest absolute Gasteiger partial charge is 0.365 e. The van der Waals surface area contributed by atoms with Crippen LogP contribution < -0.4 is 10.6 Å². The molecule has 0 fully saturated rings. The second-order valence-electron chi connectivity index (χ2n) is 4.26. The van der Waals surface area contributed by atoms with E-state index in [4.69, 9.17) is 23.8 Å². The van der Waals surface area contributed by atoms with Crippen LogP contribution in [0.3, 0.4) is 0 Å². The van der Waals surface area contributed by atoms with Crippen LogP contribution in [-0.2, 0) is 6.42 Å². The van der Waals surface area contributed by atoms with Gasteiger partial charge < -0.3 is 15.6 Å². The summed E-state index contributed by atoms with van der Waals surface area (Å²) in [6, 6.07) is 7.81. The van der Waals surface area contributed by atoms with E-state index in [-0.39, 0.29) is 6.04 Å². The summed E-state index contributed by atoms with van der Waals surface area (Å²) in [4.78, 5) is 7.29. The number of aromatic nitrogens is 2. The second kappa shape index (κ2) is 6.54. The number of anilines is 1. The molecule has 0 radical (unpaired) electrons. The van der Waals surface area contributed by atoms with Crippen molar-refractivity contribution in [1.82, 2.24) is 15.3 Å². The molecule has 2 heterocycles. The van der Waals surface area contributed by atoms with Gasteiger partial charge in [0.15, 0.2) is 5.11 Å². The Bertz CT molecular complexity index is 524. The highest BCUT2D eigenvalue weighted by molar-refractivity contribution is 7.80. The van der Waals surface area contributed by atoms with Crippen molar-refractivity contribution in [1.29, 1.82) is 0 Å². The van der Waals surface area contributed by atoms with E-state index in [0.717, 1.165) is 6.42 Å². The van der Waals surface area contributed by atoms with E-state index in [1.54, 1.807) is 18.3 Å². The van der Waals surface area contributed by atoms with Crippen molar-refractivity contribution in [2.45, 2.75) is 19.4 Å². The van der Waals surface area contributed by atoms with Crippen LogP contribution in [0.2, 0.25) is 5.02 Å². The maximum Gasteiger partial charge on any atom is 0.172 e. The molecule has 4 nitrogen and oxygen atoms in total. The number of halogens is 1.